The fourth-order valence-corrected chi connectivity index (χ4v) is 1.29. The Bertz CT molecular complexity index is 305. The number of allylic oxidation sites excluding steroid dienone is 1. The topological polar surface area (TPSA) is 20.2 Å². The van der Waals surface area contributed by atoms with Crippen molar-refractivity contribution >= 4 is 11.6 Å². The van der Waals surface area contributed by atoms with Gasteiger partial charge in [0.2, 0.25) is 0 Å². The van der Waals surface area contributed by atoms with E-state index in [0.29, 0.717) is 11.4 Å². The molecule has 0 aliphatic carbocycles. The van der Waals surface area contributed by atoms with Gasteiger partial charge in [-0.25, -0.2) is 0 Å². The van der Waals surface area contributed by atoms with Gasteiger partial charge in [-0.05, 0) is 25.0 Å². The third kappa shape index (κ3) is 1.62. The molecule has 0 aliphatic rings. The zero-order valence-electron chi connectivity index (χ0n) is 6.97. The van der Waals surface area contributed by atoms with Gasteiger partial charge in [0.15, 0.2) is 0 Å². The van der Waals surface area contributed by atoms with Crippen LogP contribution in [0.5, 0.6) is 5.75 Å². The Balaban J connectivity index is 3.22. The summed E-state index contributed by atoms with van der Waals surface area (Å²) in [5, 5.41) is 9.93. The lowest BCUT2D eigenvalue weighted by Crippen LogP contribution is -1.88. The minimum absolute atomic E-state index is 0.177. The first-order valence-electron chi connectivity index (χ1n) is 3.74. The van der Waals surface area contributed by atoms with Gasteiger partial charge in [-0.2, -0.15) is 0 Å². The van der Waals surface area contributed by atoms with Gasteiger partial charge in [0.25, 0.3) is 0 Å². The molecule has 1 rings (SSSR count). The Morgan fingerprint density at radius 3 is 2.83 bits per heavy atom. The second kappa shape index (κ2) is 3.63. The molecule has 1 nitrogen and oxygen atoms in total. The molecule has 0 amide bonds. The van der Waals surface area contributed by atoms with Crippen LogP contribution in [0.2, 0.25) is 5.02 Å². The van der Waals surface area contributed by atoms with Crippen LogP contribution >= 0.6 is 11.6 Å². The number of hydrogen-bond acceptors (Lipinski definition) is 1. The van der Waals surface area contributed by atoms with Crippen LogP contribution in [0.1, 0.15) is 11.1 Å². The third-order valence-corrected chi connectivity index (χ3v) is 2.12. The van der Waals surface area contributed by atoms with Crippen molar-refractivity contribution in [3.05, 3.63) is 40.9 Å². The number of benzene rings is 1. The van der Waals surface area contributed by atoms with Crippen molar-refractivity contribution in [1.82, 2.24) is 0 Å². The van der Waals surface area contributed by atoms with Crippen molar-refractivity contribution in [2.75, 3.05) is 0 Å². The average molecular weight is 183 g/mol. The second-order valence-corrected chi connectivity index (χ2v) is 3.09. The zero-order chi connectivity index (χ0) is 9.14. The fourth-order valence-electron chi connectivity index (χ4n) is 1.11. The second-order valence-electron chi connectivity index (χ2n) is 2.68. The maximum atomic E-state index is 9.53. The van der Waals surface area contributed by atoms with Crippen molar-refractivity contribution < 1.29 is 5.11 Å². The van der Waals surface area contributed by atoms with Crippen molar-refractivity contribution in [1.29, 1.82) is 0 Å². The molecule has 0 radical (unpaired) electrons. The zero-order valence-corrected chi connectivity index (χ0v) is 7.73. The normalized spacial score (nSPS) is 9.83. The number of phenolic OH excluding ortho intramolecular Hbond substituents is 1. The predicted octanol–water partition coefficient (Wildman–Crippen LogP) is 3.08. The van der Waals surface area contributed by atoms with Gasteiger partial charge in [0, 0.05) is 5.56 Å². The maximum Gasteiger partial charge on any atom is 0.137 e. The Morgan fingerprint density at radius 2 is 2.25 bits per heavy atom. The molecule has 0 bridgehead atoms. The Morgan fingerprint density at radius 1 is 1.58 bits per heavy atom. The first-order valence-corrected chi connectivity index (χ1v) is 4.12. The van der Waals surface area contributed by atoms with Gasteiger partial charge in [-0.15, -0.1) is 6.58 Å². The molecule has 0 saturated carbocycles. The quantitative estimate of drug-likeness (QED) is 0.697. The van der Waals surface area contributed by atoms with Crippen molar-refractivity contribution in [3.63, 3.8) is 0 Å². The van der Waals surface area contributed by atoms with Crippen LogP contribution in [0, 0.1) is 6.92 Å². The summed E-state index contributed by atoms with van der Waals surface area (Å²) in [6.45, 7) is 5.55. The number of rotatable bonds is 2. The first kappa shape index (κ1) is 9.14. The molecule has 0 aliphatic heterocycles. The molecule has 0 atom stereocenters. The Hall–Kier alpha value is -0.950. The third-order valence-electron chi connectivity index (χ3n) is 1.82. The van der Waals surface area contributed by atoms with Gasteiger partial charge >= 0.3 is 0 Å². The summed E-state index contributed by atoms with van der Waals surface area (Å²) >= 11 is 5.74. The van der Waals surface area contributed by atoms with Crippen LogP contribution in [-0.4, -0.2) is 5.11 Å². The molecule has 12 heavy (non-hydrogen) atoms. The molecule has 1 aromatic carbocycles. The lowest BCUT2D eigenvalue weighted by Gasteiger charge is -2.06. The van der Waals surface area contributed by atoms with E-state index in [-0.39, 0.29) is 5.75 Å². The molecule has 0 fully saturated rings. The van der Waals surface area contributed by atoms with E-state index in [1.807, 2.05) is 13.0 Å². The van der Waals surface area contributed by atoms with Gasteiger partial charge in [-0.1, -0.05) is 23.7 Å². The summed E-state index contributed by atoms with van der Waals surface area (Å²) in [5.74, 6) is 0.177. The lowest BCUT2D eigenvalue weighted by atomic mass is 10.0. The highest BCUT2D eigenvalue weighted by Gasteiger charge is 2.06. The molecule has 2 heteroatoms. The molecule has 0 heterocycles. The van der Waals surface area contributed by atoms with E-state index in [9.17, 15) is 5.11 Å². The smallest absolute Gasteiger partial charge is 0.137 e. The Kier molecular flexibility index (Phi) is 2.77. The molecule has 64 valence electrons. The van der Waals surface area contributed by atoms with E-state index in [0.717, 1.165) is 11.1 Å². The number of aryl methyl sites for hydroxylation is 1. The summed E-state index contributed by atoms with van der Waals surface area (Å²) < 4.78 is 0. The van der Waals surface area contributed by atoms with Crippen LogP contribution in [0.25, 0.3) is 0 Å². The predicted molar refractivity (Wildman–Crippen MR) is 51.8 cm³/mol. The van der Waals surface area contributed by atoms with Crippen LogP contribution in [0.15, 0.2) is 24.8 Å². The van der Waals surface area contributed by atoms with Crippen molar-refractivity contribution in [2.24, 2.45) is 0 Å². The number of aromatic hydroxyl groups is 1. The van der Waals surface area contributed by atoms with Gasteiger partial charge in [0.1, 0.15) is 5.75 Å². The van der Waals surface area contributed by atoms with Gasteiger partial charge in [0.05, 0.1) is 5.02 Å². The van der Waals surface area contributed by atoms with Crippen LogP contribution in [0.3, 0.4) is 0 Å². The van der Waals surface area contributed by atoms with Gasteiger partial charge in [-0.3, -0.25) is 0 Å². The van der Waals surface area contributed by atoms with E-state index < -0.39 is 0 Å². The largest absolute Gasteiger partial charge is 0.506 e. The molecule has 0 spiro atoms. The monoisotopic (exact) mass is 182 g/mol. The summed E-state index contributed by atoms with van der Waals surface area (Å²) in [7, 11) is 0. The number of halogens is 1. The highest BCUT2D eigenvalue weighted by atomic mass is 35.5. The molecule has 0 unspecified atom stereocenters. The highest BCUT2D eigenvalue weighted by Crippen LogP contribution is 2.30. The lowest BCUT2D eigenvalue weighted by molar-refractivity contribution is 0.469. The molecule has 1 aromatic rings. The Labute approximate surface area is 77.3 Å². The van der Waals surface area contributed by atoms with Crippen LogP contribution in [-0.2, 0) is 6.42 Å². The van der Waals surface area contributed by atoms with E-state index in [2.05, 4.69) is 6.58 Å². The van der Waals surface area contributed by atoms with Crippen molar-refractivity contribution in [2.45, 2.75) is 13.3 Å². The van der Waals surface area contributed by atoms with Crippen molar-refractivity contribution in [3.8, 4) is 5.75 Å². The SMILES string of the molecule is C=CCc1c(C)ccc(Cl)c1O. The minimum Gasteiger partial charge on any atom is -0.506 e. The van der Waals surface area contributed by atoms with E-state index in [1.54, 1.807) is 12.1 Å². The summed E-state index contributed by atoms with van der Waals surface area (Å²) in [6, 6.07) is 3.58. The highest BCUT2D eigenvalue weighted by molar-refractivity contribution is 6.32. The van der Waals surface area contributed by atoms with Gasteiger partial charge < -0.3 is 5.11 Å². The number of hydrogen-bond donors (Lipinski definition) is 1. The number of phenols is 1. The standard InChI is InChI=1S/C10H11ClO/c1-3-4-8-7(2)5-6-9(11)10(8)12/h3,5-6,12H,1,4H2,2H3. The van der Waals surface area contributed by atoms with E-state index in [1.165, 1.54) is 0 Å². The molecule has 0 saturated heterocycles. The molecule has 0 aromatic heterocycles. The summed E-state index contributed by atoms with van der Waals surface area (Å²) in [5.41, 5.74) is 1.90. The van der Waals surface area contributed by atoms with E-state index >= 15 is 0 Å². The van der Waals surface area contributed by atoms with Crippen LogP contribution in [0.4, 0.5) is 0 Å². The summed E-state index contributed by atoms with van der Waals surface area (Å²) in [4.78, 5) is 0. The average Bonchev–Trinajstić information content (AvgIpc) is 2.06. The maximum absolute atomic E-state index is 9.53. The molecular formula is C10H11ClO. The molecular weight excluding hydrogens is 172 g/mol. The van der Waals surface area contributed by atoms with Crippen LogP contribution < -0.4 is 0 Å². The molecule has 1 N–H and O–H groups in total. The fraction of sp³-hybridized carbons (Fsp3) is 0.200. The van der Waals surface area contributed by atoms with E-state index in [4.69, 9.17) is 11.6 Å². The first-order chi connectivity index (χ1) is 5.66. The minimum atomic E-state index is 0.177. The summed E-state index contributed by atoms with van der Waals surface area (Å²) in [6.07, 6.45) is 2.40.